The summed E-state index contributed by atoms with van der Waals surface area (Å²) in [6, 6.07) is 4.93. The maximum absolute atomic E-state index is 11.7. The fourth-order valence-electron chi connectivity index (χ4n) is 1.21. The van der Waals surface area contributed by atoms with Crippen molar-refractivity contribution in [3.63, 3.8) is 0 Å². The zero-order valence-electron chi connectivity index (χ0n) is 9.54. The van der Waals surface area contributed by atoms with Crippen molar-refractivity contribution in [3.8, 4) is 5.75 Å². The van der Waals surface area contributed by atoms with Gasteiger partial charge in [-0.2, -0.15) is 0 Å². The van der Waals surface area contributed by atoms with Crippen LogP contribution in [0.5, 0.6) is 5.75 Å². The summed E-state index contributed by atoms with van der Waals surface area (Å²) in [5, 5.41) is 2.73. The predicted molar refractivity (Wildman–Crippen MR) is 64.6 cm³/mol. The number of nitrogen functional groups attached to an aromatic ring is 1. The first-order valence-electron chi connectivity index (χ1n) is 4.90. The van der Waals surface area contributed by atoms with Crippen LogP contribution in [0, 0.1) is 0 Å². The van der Waals surface area contributed by atoms with Gasteiger partial charge >= 0.3 is 0 Å². The summed E-state index contributed by atoms with van der Waals surface area (Å²) in [5.41, 5.74) is 7.56. The van der Waals surface area contributed by atoms with E-state index >= 15 is 0 Å². The van der Waals surface area contributed by atoms with Crippen LogP contribution >= 0.6 is 0 Å². The standard InChI is InChI=1S/C12H16N2O2/c1-8(2)7-14-12(15)9-4-5-11(16-3)10(13)6-9/h4-6H,1,7,13H2,2-3H3,(H,14,15). The maximum Gasteiger partial charge on any atom is 0.251 e. The molecule has 1 aromatic rings. The van der Waals surface area contributed by atoms with Crippen molar-refractivity contribution in [2.75, 3.05) is 19.4 Å². The Balaban J connectivity index is 2.77. The van der Waals surface area contributed by atoms with E-state index in [2.05, 4.69) is 11.9 Å². The summed E-state index contributed by atoms with van der Waals surface area (Å²) >= 11 is 0. The predicted octanol–water partition coefficient (Wildman–Crippen LogP) is 1.58. The van der Waals surface area contributed by atoms with Gasteiger partial charge in [-0.25, -0.2) is 0 Å². The van der Waals surface area contributed by atoms with Crippen LogP contribution in [0.15, 0.2) is 30.4 Å². The van der Waals surface area contributed by atoms with Gasteiger partial charge in [-0.05, 0) is 25.1 Å². The van der Waals surface area contributed by atoms with E-state index in [1.54, 1.807) is 18.2 Å². The molecule has 4 heteroatoms. The lowest BCUT2D eigenvalue weighted by molar-refractivity contribution is 0.0957. The molecule has 0 aromatic heterocycles. The number of hydrogen-bond donors (Lipinski definition) is 2. The Labute approximate surface area is 95.1 Å². The number of carbonyl (C=O) groups is 1. The summed E-state index contributed by atoms with van der Waals surface area (Å²) in [6.45, 7) is 6.02. The minimum atomic E-state index is -0.169. The molecule has 0 radical (unpaired) electrons. The highest BCUT2D eigenvalue weighted by Crippen LogP contribution is 2.21. The van der Waals surface area contributed by atoms with Crippen molar-refractivity contribution < 1.29 is 9.53 Å². The summed E-state index contributed by atoms with van der Waals surface area (Å²) in [4.78, 5) is 11.7. The number of methoxy groups -OCH3 is 1. The van der Waals surface area contributed by atoms with Crippen molar-refractivity contribution in [3.05, 3.63) is 35.9 Å². The Hall–Kier alpha value is -1.97. The van der Waals surface area contributed by atoms with Gasteiger partial charge in [0.25, 0.3) is 5.91 Å². The number of amides is 1. The fourth-order valence-corrected chi connectivity index (χ4v) is 1.21. The molecule has 0 saturated heterocycles. The van der Waals surface area contributed by atoms with Crippen molar-refractivity contribution >= 4 is 11.6 Å². The summed E-state index contributed by atoms with van der Waals surface area (Å²) in [6.07, 6.45) is 0. The van der Waals surface area contributed by atoms with E-state index in [1.807, 2.05) is 6.92 Å². The van der Waals surface area contributed by atoms with Crippen LogP contribution in [0.1, 0.15) is 17.3 Å². The SMILES string of the molecule is C=C(C)CNC(=O)c1ccc(OC)c(N)c1. The molecule has 0 heterocycles. The molecule has 0 saturated carbocycles. The van der Waals surface area contributed by atoms with E-state index in [0.717, 1.165) is 5.57 Å². The molecule has 0 atom stereocenters. The molecule has 0 bridgehead atoms. The zero-order chi connectivity index (χ0) is 12.1. The molecule has 16 heavy (non-hydrogen) atoms. The Kier molecular flexibility index (Phi) is 3.94. The van der Waals surface area contributed by atoms with E-state index in [1.165, 1.54) is 7.11 Å². The Bertz CT molecular complexity index is 413. The lowest BCUT2D eigenvalue weighted by atomic mass is 10.1. The van der Waals surface area contributed by atoms with Gasteiger partial charge in [0.15, 0.2) is 0 Å². The molecule has 3 N–H and O–H groups in total. The van der Waals surface area contributed by atoms with Crippen LogP contribution in [0.2, 0.25) is 0 Å². The largest absolute Gasteiger partial charge is 0.495 e. The monoisotopic (exact) mass is 220 g/mol. The molecular formula is C12H16N2O2. The van der Waals surface area contributed by atoms with Gasteiger partial charge in [-0.1, -0.05) is 12.2 Å². The van der Waals surface area contributed by atoms with Crippen LogP contribution in [0.4, 0.5) is 5.69 Å². The van der Waals surface area contributed by atoms with E-state index in [9.17, 15) is 4.79 Å². The van der Waals surface area contributed by atoms with Crippen LogP contribution in [-0.2, 0) is 0 Å². The van der Waals surface area contributed by atoms with Gasteiger partial charge in [0.2, 0.25) is 0 Å². The topological polar surface area (TPSA) is 64.3 Å². The molecule has 0 fully saturated rings. The molecule has 1 aromatic carbocycles. The van der Waals surface area contributed by atoms with E-state index < -0.39 is 0 Å². The van der Waals surface area contributed by atoms with Crippen LogP contribution < -0.4 is 15.8 Å². The smallest absolute Gasteiger partial charge is 0.251 e. The fraction of sp³-hybridized carbons (Fsp3) is 0.250. The molecule has 0 aliphatic rings. The highest BCUT2D eigenvalue weighted by Gasteiger charge is 2.07. The van der Waals surface area contributed by atoms with E-state index in [4.69, 9.17) is 10.5 Å². The summed E-state index contributed by atoms with van der Waals surface area (Å²) < 4.78 is 5.01. The first kappa shape index (κ1) is 12.1. The second-order valence-electron chi connectivity index (χ2n) is 3.60. The third-order valence-electron chi connectivity index (χ3n) is 2.04. The third-order valence-corrected chi connectivity index (χ3v) is 2.04. The van der Waals surface area contributed by atoms with Gasteiger partial charge in [-0.15, -0.1) is 0 Å². The molecule has 0 aliphatic heterocycles. The van der Waals surface area contributed by atoms with Gasteiger partial charge in [-0.3, -0.25) is 4.79 Å². The highest BCUT2D eigenvalue weighted by molar-refractivity contribution is 5.95. The minimum absolute atomic E-state index is 0.169. The number of benzene rings is 1. The minimum Gasteiger partial charge on any atom is -0.495 e. The lowest BCUT2D eigenvalue weighted by Gasteiger charge is -2.08. The van der Waals surface area contributed by atoms with Crippen molar-refractivity contribution in [2.45, 2.75) is 6.92 Å². The number of rotatable bonds is 4. The molecule has 0 aliphatic carbocycles. The van der Waals surface area contributed by atoms with Crippen molar-refractivity contribution in [1.29, 1.82) is 0 Å². The number of carbonyl (C=O) groups excluding carboxylic acids is 1. The molecule has 0 spiro atoms. The first-order chi connectivity index (χ1) is 7.54. The second-order valence-corrected chi connectivity index (χ2v) is 3.60. The molecular weight excluding hydrogens is 204 g/mol. The van der Waals surface area contributed by atoms with Gasteiger partial charge in [0, 0.05) is 12.1 Å². The average molecular weight is 220 g/mol. The van der Waals surface area contributed by atoms with Gasteiger partial charge in [0.05, 0.1) is 12.8 Å². The summed E-state index contributed by atoms with van der Waals surface area (Å²) in [7, 11) is 1.53. The lowest BCUT2D eigenvalue weighted by Crippen LogP contribution is -2.24. The van der Waals surface area contributed by atoms with Crippen LogP contribution in [0.25, 0.3) is 0 Å². The number of nitrogens with one attached hydrogen (secondary N) is 1. The van der Waals surface area contributed by atoms with Crippen LogP contribution in [-0.4, -0.2) is 19.6 Å². The van der Waals surface area contributed by atoms with E-state index in [-0.39, 0.29) is 5.91 Å². The number of anilines is 1. The molecule has 0 unspecified atom stereocenters. The van der Waals surface area contributed by atoms with Crippen LogP contribution in [0.3, 0.4) is 0 Å². The molecule has 1 rings (SSSR count). The number of ether oxygens (including phenoxy) is 1. The number of hydrogen-bond acceptors (Lipinski definition) is 3. The van der Waals surface area contributed by atoms with Gasteiger partial charge < -0.3 is 15.8 Å². The Morgan fingerprint density at radius 2 is 2.25 bits per heavy atom. The molecule has 1 amide bonds. The normalized spacial score (nSPS) is 9.62. The molecule has 4 nitrogen and oxygen atoms in total. The summed E-state index contributed by atoms with van der Waals surface area (Å²) in [5.74, 6) is 0.397. The number of nitrogens with two attached hydrogens (primary N) is 1. The quantitative estimate of drug-likeness (QED) is 0.598. The Morgan fingerprint density at radius 3 is 2.75 bits per heavy atom. The first-order valence-corrected chi connectivity index (χ1v) is 4.90. The van der Waals surface area contributed by atoms with Crippen molar-refractivity contribution in [1.82, 2.24) is 5.32 Å². The maximum atomic E-state index is 11.7. The third kappa shape index (κ3) is 3.02. The average Bonchev–Trinajstić information content (AvgIpc) is 2.25. The second kappa shape index (κ2) is 5.21. The van der Waals surface area contributed by atoms with Gasteiger partial charge in [0.1, 0.15) is 5.75 Å². The van der Waals surface area contributed by atoms with E-state index in [0.29, 0.717) is 23.5 Å². The zero-order valence-corrected chi connectivity index (χ0v) is 9.54. The Morgan fingerprint density at radius 1 is 1.56 bits per heavy atom. The van der Waals surface area contributed by atoms with Crippen molar-refractivity contribution in [2.24, 2.45) is 0 Å². The highest BCUT2D eigenvalue weighted by atomic mass is 16.5. The molecule has 86 valence electrons.